The van der Waals surface area contributed by atoms with Gasteiger partial charge in [-0.25, -0.2) is 34.3 Å². The Hall–Kier alpha value is -7.23. The number of aromatic nitrogens is 12. The van der Waals surface area contributed by atoms with Crippen LogP contribution in [0.3, 0.4) is 0 Å². The normalized spacial score (nSPS) is 10.5. The average Bonchev–Trinajstić information content (AvgIpc) is 4.55. The average molecular weight is 1340 g/mol. The summed E-state index contributed by atoms with van der Waals surface area (Å²) in [4.78, 5) is 99.9. The molecule has 0 bridgehead atoms. The molecule has 0 atom stereocenters. The van der Waals surface area contributed by atoms with E-state index in [1.807, 2.05) is 55.8 Å². The summed E-state index contributed by atoms with van der Waals surface area (Å²) in [5.74, 6) is 0.773. The molecule has 13 aromatic heterocycles. The number of rotatable bonds is 5. The van der Waals surface area contributed by atoms with Gasteiger partial charge < -0.3 is 39.4 Å². The molecule has 0 fully saturated rings. The Bertz CT molecular complexity index is 4620. The van der Waals surface area contributed by atoms with Crippen molar-refractivity contribution in [3.63, 3.8) is 0 Å². The summed E-state index contributed by atoms with van der Waals surface area (Å²) in [5, 5.41) is 8.62. The first-order valence-corrected chi connectivity index (χ1v) is 30.4. The quantitative estimate of drug-likeness (QED) is 0.0607. The zero-order valence-corrected chi connectivity index (χ0v) is 52.7. The number of aryl methyl sites for hydroxylation is 3. The largest absolute Gasteiger partial charge is 0.480 e. The van der Waals surface area contributed by atoms with Crippen LogP contribution < -0.4 is 47.2 Å². The number of hydrogen-bond donors (Lipinski definition) is 5. The van der Waals surface area contributed by atoms with E-state index in [2.05, 4.69) is 64.5 Å². The molecule has 0 aliphatic heterocycles. The second kappa shape index (κ2) is 29.3. The van der Waals surface area contributed by atoms with Crippen molar-refractivity contribution in [3.8, 4) is 23.8 Å². The highest BCUT2D eigenvalue weighted by molar-refractivity contribution is 7.20. The molecule has 13 rings (SSSR count). The number of ether oxygens (including phenoxy) is 5. The lowest BCUT2D eigenvalue weighted by Crippen LogP contribution is -2.20. The number of halogens is 4. The van der Waals surface area contributed by atoms with Crippen LogP contribution in [0.2, 0.25) is 20.9 Å². The summed E-state index contributed by atoms with van der Waals surface area (Å²) in [7, 11) is 7.59. The smallest absolute Gasteiger partial charge is 0.350 e. The van der Waals surface area contributed by atoms with Crippen molar-refractivity contribution in [2.24, 2.45) is 0 Å². The summed E-state index contributed by atoms with van der Waals surface area (Å²) in [6.07, 6.45) is 0. The van der Waals surface area contributed by atoms with Crippen molar-refractivity contribution in [2.75, 3.05) is 41.3 Å². The number of fused-ring (bicyclic) bond motifs is 6. The Morgan fingerprint density at radius 1 is 0.470 bits per heavy atom. The molecule has 0 spiro atoms. The molecular formula is C49H41Cl4N13O10S7. The fraction of sp³-hybridized carbons (Fsp3) is 0.163. The minimum Gasteiger partial charge on any atom is -0.480 e. The van der Waals surface area contributed by atoms with Gasteiger partial charge in [-0.05, 0) is 108 Å². The third-order valence-corrected chi connectivity index (χ3v) is 17.9. The standard InChI is InChI=1S/C9H10N2O2S.C8H8N2O2S.C7H4Cl2N2S.C7H6N2O2S.C6H2Cl2N2S.C6H4N2O2S.C6H7NO2S/c1-5-4-6-7(14-5)8(12-2)11-9(10-6)13-3;1-11-7-6-5(3-4-13-6)9-8(10-7)12-2;1-3-2-4-5(12-3)6(8)11-7(9)10-4;1-3-2-4-5(12-3)6(10)9-7(11)8-4;7-5-4-3(1-2-11-4)9-6(8)10-5;9-5-4-3(1-2-11-4)7-6(10)8-5;1-9-6(8)5-4(7)2-3-10-5/h4H,1-3H3;3-4H,1-2H3;2H,1H3;2H,1H3,(H2,8,9,10,11);1-2H;1-2H,(H2,7,8,9,10);2-3H,7H2,1H3. The van der Waals surface area contributed by atoms with Crippen molar-refractivity contribution < 1.29 is 28.5 Å². The van der Waals surface area contributed by atoms with E-state index in [1.165, 1.54) is 64.4 Å². The minimum atomic E-state index is -0.457. The zero-order valence-electron chi connectivity index (χ0n) is 44.0. The van der Waals surface area contributed by atoms with Gasteiger partial charge in [-0.15, -0.1) is 79.4 Å². The summed E-state index contributed by atoms with van der Waals surface area (Å²) < 4.78 is 29.5. The number of carbonyl (C=O) groups excluding carboxylic acids is 1. The molecular weight excluding hydrogens is 1300 g/mol. The topological polar surface area (TPSA) is 324 Å². The first kappa shape index (κ1) is 63.4. The first-order chi connectivity index (χ1) is 39.7. The van der Waals surface area contributed by atoms with Crippen molar-refractivity contribution in [2.45, 2.75) is 20.8 Å². The zero-order chi connectivity index (χ0) is 60.1. The molecule has 0 saturated carbocycles. The van der Waals surface area contributed by atoms with E-state index in [9.17, 15) is 24.0 Å². The van der Waals surface area contributed by atoms with Gasteiger partial charge >= 0.3 is 29.4 Å². The number of nitrogens with one attached hydrogen (secondary N) is 4. The van der Waals surface area contributed by atoms with Gasteiger partial charge in [0, 0.05) is 14.6 Å². The number of hydrogen-bond acceptors (Lipinski definition) is 26. The maximum atomic E-state index is 11.1. The second-order valence-electron chi connectivity index (χ2n) is 15.7. The van der Waals surface area contributed by atoms with Crippen molar-refractivity contribution in [1.82, 2.24) is 59.8 Å². The Kier molecular flexibility index (Phi) is 22.4. The van der Waals surface area contributed by atoms with E-state index < -0.39 is 11.4 Å². The third kappa shape index (κ3) is 16.5. The lowest BCUT2D eigenvalue weighted by atomic mass is 10.4. The van der Waals surface area contributed by atoms with Gasteiger partial charge in [0.15, 0.2) is 10.3 Å². The molecule has 0 aliphatic carbocycles. The van der Waals surface area contributed by atoms with Crippen LogP contribution in [0.4, 0.5) is 5.69 Å². The SMILES string of the molecule is COC(=O)c1sccc1N.COc1nc(OC)c2sc(C)cc2n1.COc1nc(OC)c2sccc2n1.Cc1cc2[nH]c(=O)[nH]c(=O)c2s1.Cc1cc2nc(Cl)nc(Cl)c2s1.Clc1nc(Cl)c2sccc2n1.O=c1[nH]c(=O)c2sccc2[nH]1. The van der Waals surface area contributed by atoms with Gasteiger partial charge in [-0.3, -0.25) is 19.6 Å². The fourth-order valence-electron chi connectivity index (χ4n) is 6.63. The molecule has 0 aromatic carbocycles. The van der Waals surface area contributed by atoms with Gasteiger partial charge in [-0.1, -0.05) is 23.2 Å². The number of esters is 1. The van der Waals surface area contributed by atoms with Crippen molar-refractivity contribution in [3.05, 3.63) is 146 Å². The highest BCUT2D eigenvalue weighted by atomic mass is 35.5. The number of thiophene rings is 7. The predicted molar refractivity (Wildman–Crippen MR) is 336 cm³/mol. The molecule has 34 heteroatoms. The molecule has 23 nitrogen and oxygen atoms in total. The number of carbonyl (C=O) groups is 1. The van der Waals surface area contributed by atoms with Crippen molar-refractivity contribution in [1.29, 1.82) is 0 Å². The van der Waals surface area contributed by atoms with E-state index in [-0.39, 0.29) is 27.7 Å². The monoisotopic (exact) mass is 1330 g/mol. The lowest BCUT2D eigenvalue weighted by molar-refractivity contribution is 0.0607. The molecule has 0 radical (unpaired) electrons. The number of nitrogens with zero attached hydrogens (tertiary/aromatic N) is 8. The molecule has 432 valence electrons. The third-order valence-electron chi connectivity index (χ3n) is 10.1. The first-order valence-electron chi connectivity index (χ1n) is 22.9. The van der Waals surface area contributed by atoms with E-state index in [1.54, 1.807) is 84.3 Å². The Morgan fingerprint density at radius 3 is 1.51 bits per heavy atom. The Balaban J connectivity index is 0.000000139. The highest BCUT2D eigenvalue weighted by Gasteiger charge is 2.13. The number of aromatic amines is 4. The van der Waals surface area contributed by atoms with Crippen LogP contribution in [0.5, 0.6) is 23.8 Å². The number of anilines is 1. The summed E-state index contributed by atoms with van der Waals surface area (Å²) in [6.45, 7) is 5.91. The maximum Gasteiger partial charge on any atom is 0.350 e. The van der Waals surface area contributed by atoms with Gasteiger partial charge in [0.05, 0.1) is 83.7 Å². The second-order valence-corrected chi connectivity index (χ2v) is 24.5. The molecule has 6 N–H and O–H groups in total. The number of nitrogens with two attached hydrogens (primary N) is 1. The fourth-order valence-corrected chi connectivity index (χ4v) is 13.3. The molecule has 83 heavy (non-hydrogen) atoms. The summed E-state index contributed by atoms with van der Waals surface area (Å²) >= 11 is 33.1. The van der Waals surface area contributed by atoms with E-state index >= 15 is 0 Å². The van der Waals surface area contributed by atoms with Crippen LogP contribution in [0.1, 0.15) is 24.3 Å². The van der Waals surface area contributed by atoms with Gasteiger partial charge in [0.1, 0.15) is 23.7 Å². The number of H-pyrrole nitrogens is 4. The molecule has 0 unspecified atom stereocenters. The van der Waals surface area contributed by atoms with Gasteiger partial charge in [0.25, 0.3) is 11.1 Å². The van der Waals surface area contributed by atoms with Crippen LogP contribution in [0.25, 0.3) is 61.3 Å². The minimum absolute atomic E-state index is 0.195. The predicted octanol–water partition coefficient (Wildman–Crippen LogP) is 12.0. The summed E-state index contributed by atoms with van der Waals surface area (Å²) in [6, 6.07) is 13.6. The number of nitrogen functional groups attached to an aromatic ring is 1. The van der Waals surface area contributed by atoms with E-state index in [0.29, 0.717) is 65.1 Å². The number of methoxy groups -OCH3 is 5. The van der Waals surface area contributed by atoms with Crippen molar-refractivity contribution >= 4 is 199 Å². The molecule has 0 aliphatic rings. The Morgan fingerprint density at radius 2 is 0.928 bits per heavy atom. The molecule has 13 heterocycles. The van der Waals surface area contributed by atoms with Crippen LogP contribution in [-0.4, -0.2) is 101 Å². The molecule has 13 aromatic rings. The lowest BCUT2D eigenvalue weighted by Gasteiger charge is -2.02. The molecule has 0 amide bonds. The maximum absolute atomic E-state index is 11.1. The summed E-state index contributed by atoms with van der Waals surface area (Å²) in [5.41, 5.74) is 8.94. The molecule has 0 saturated heterocycles. The van der Waals surface area contributed by atoms with Crippen LogP contribution in [0, 0.1) is 20.8 Å². The van der Waals surface area contributed by atoms with E-state index in [0.717, 1.165) is 50.6 Å². The van der Waals surface area contributed by atoms with Crippen LogP contribution >= 0.6 is 126 Å². The highest BCUT2D eigenvalue weighted by Crippen LogP contribution is 2.33. The van der Waals surface area contributed by atoms with Gasteiger partial charge in [0.2, 0.25) is 22.3 Å². The van der Waals surface area contributed by atoms with Crippen LogP contribution in [0.15, 0.2) is 83.2 Å². The van der Waals surface area contributed by atoms with E-state index in [4.69, 9.17) is 71.1 Å². The Labute approximate surface area is 514 Å². The van der Waals surface area contributed by atoms with Gasteiger partial charge in [-0.2, -0.15) is 19.9 Å². The van der Waals surface area contributed by atoms with Crippen LogP contribution in [-0.2, 0) is 4.74 Å².